The molecule has 0 aliphatic heterocycles. The standard InChI is InChI=1S/C20H17F2N3O2S2/c21-14-8-6-13(10-15(14)22)11-23-20(27)24-18-17(19(26)28)16(25-29-18)9-7-12-4-2-1-3-5-12/h1-6,8,10H,7,9,11H2,(H,26,28)(H2,23,24,27). The van der Waals surface area contributed by atoms with Gasteiger partial charge in [0.25, 0.3) is 0 Å². The molecular formula is C20H17F2N3O2S2. The van der Waals surface area contributed by atoms with Crippen LogP contribution in [0.2, 0.25) is 0 Å². The Bertz CT molecular complexity index is 1030. The maximum absolute atomic E-state index is 13.2. The van der Waals surface area contributed by atoms with E-state index in [2.05, 4.69) is 27.6 Å². The first-order valence-electron chi connectivity index (χ1n) is 8.68. The van der Waals surface area contributed by atoms with Crippen molar-refractivity contribution in [3.63, 3.8) is 0 Å². The zero-order chi connectivity index (χ0) is 20.8. The van der Waals surface area contributed by atoms with E-state index in [1.807, 2.05) is 30.3 Å². The molecule has 0 saturated heterocycles. The first-order valence-corrected chi connectivity index (χ1v) is 9.90. The Morgan fingerprint density at radius 3 is 2.45 bits per heavy atom. The van der Waals surface area contributed by atoms with Gasteiger partial charge in [0.05, 0.1) is 11.3 Å². The van der Waals surface area contributed by atoms with Crippen LogP contribution in [0.1, 0.15) is 27.2 Å². The topological polar surface area (TPSA) is 71.1 Å². The third kappa shape index (κ3) is 5.61. The molecule has 150 valence electrons. The van der Waals surface area contributed by atoms with Gasteiger partial charge in [0.2, 0.25) is 5.12 Å². The summed E-state index contributed by atoms with van der Waals surface area (Å²) in [6.07, 6.45) is 1.22. The Morgan fingerprint density at radius 1 is 1.00 bits per heavy atom. The van der Waals surface area contributed by atoms with Crippen molar-refractivity contribution in [2.45, 2.75) is 19.4 Å². The fourth-order valence-electron chi connectivity index (χ4n) is 2.69. The van der Waals surface area contributed by atoms with Crippen LogP contribution in [0.15, 0.2) is 48.5 Å². The average molecular weight is 434 g/mol. The van der Waals surface area contributed by atoms with E-state index in [1.54, 1.807) is 0 Å². The highest BCUT2D eigenvalue weighted by molar-refractivity contribution is 7.97. The van der Waals surface area contributed by atoms with E-state index in [0.29, 0.717) is 24.1 Å². The van der Waals surface area contributed by atoms with Crippen LogP contribution in [0.5, 0.6) is 0 Å². The number of amides is 2. The molecule has 2 amide bonds. The number of urea groups is 1. The van der Waals surface area contributed by atoms with Gasteiger partial charge in [0, 0.05) is 6.54 Å². The van der Waals surface area contributed by atoms with Gasteiger partial charge in [-0.3, -0.25) is 10.1 Å². The molecule has 0 aliphatic rings. The van der Waals surface area contributed by atoms with Gasteiger partial charge in [-0.05, 0) is 47.6 Å². The van der Waals surface area contributed by atoms with Crippen molar-refractivity contribution in [1.82, 2.24) is 9.69 Å². The fraction of sp³-hybridized carbons (Fsp3) is 0.150. The van der Waals surface area contributed by atoms with Crippen LogP contribution in [-0.2, 0) is 19.4 Å². The smallest absolute Gasteiger partial charge is 0.320 e. The maximum Gasteiger partial charge on any atom is 0.320 e. The molecule has 0 spiro atoms. The van der Waals surface area contributed by atoms with Crippen molar-refractivity contribution in [2.24, 2.45) is 0 Å². The second kappa shape index (κ2) is 9.62. The summed E-state index contributed by atoms with van der Waals surface area (Å²) in [6, 6.07) is 12.5. The lowest BCUT2D eigenvalue weighted by atomic mass is 10.1. The Labute approximate surface area is 175 Å². The van der Waals surface area contributed by atoms with Crippen LogP contribution >= 0.6 is 24.2 Å². The summed E-state index contributed by atoms with van der Waals surface area (Å²) in [5, 5.41) is 4.91. The lowest BCUT2D eigenvalue weighted by molar-refractivity contribution is 0.109. The van der Waals surface area contributed by atoms with Gasteiger partial charge in [0.1, 0.15) is 5.00 Å². The van der Waals surface area contributed by atoms with Crippen LogP contribution < -0.4 is 10.6 Å². The van der Waals surface area contributed by atoms with Crippen LogP contribution in [-0.4, -0.2) is 15.5 Å². The van der Waals surface area contributed by atoms with Gasteiger partial charge in [0.15, 0.2) is 11.6 Å². The van der Waals surface area contributed by atoms with Crippen LogP contribution in [0.25, 0.3) is 0 Å². The summed E-state index contributed by atoms with van der Waals surface area (Å²) in [5.41, 5.74) is 2.33. The molecule has 0 unspecified atom stereocenters. The predicted octanol–water partition coefficient (Wildman–Crippen LogP) is 4.60. The molecule has 1 heterocycles. The minimum absolute atomic E-state index is 0.00709. The van der Waals surface area contributed by atoms with Crippen LogP contribution in [0, 0.1) is 11.6 Å². The third-order valence-corrected chi connectivity index (χ3v) is 5.16. The molecule has 0 aliphatic carbocycles. The van der Waals surface area contributed by atoms with E-state index in [-0.39, 0.29) is 17.1 Å². The number of hydrogen-bond acceptors (Lipinski definition) is 4. The number of nitrogens with one attached hydrogen (secondary N) is 2. The molecule has 3 rings (SSSR count). The number of aromatic nitrogens is 1. The number of carbonyl (C=O) groups excluding carboxylic acids is 2. The molecule has 0 atom stereocenters. The summed E-state index contributed by atoms with van der Waals surface area (Å²) in [4.78, 5) is 24.1. The van der Waals surface area contributed by atoms with Gasteiger partial charge in [-0.2, -0.15) is 4.37 Å². The monoisotopic (exact) mass is 433 g/mol. The van der Waals surface area contributed by atoms with Crippen molar-refractivity contribution in [3.05, 3.63) is 82.5 Å². The molecule has 2 N–H and O–H groups in total. The molecule has 1 aromatic heterocycles. The van der Waals surface area contributed by atoms with E-state index in [9.17, 15) is 18.4 Å². The molecule has 5 nitrogen and oxygen atoms in total. The number of rotatable bonds is 7. The Kier molecular flexibility index (Phi) is 6.95. The first kappa shape index (κ1) is 20.9. The van der Waals surface area contributed by atoms with Gasteiger partial charge in [-0.25, -0.2) is 13.6 Å². The third-order valence-electron chi connectivity index (χ3n) is 4.13. The van der Waals surface area contributed by atoms with Crippen molar-refractivity contribution in [1.29, 1.82) is 0 Å². The molecule has 3 aromatic rings. The summed E-state index contributed by atoms with van der Waals surface area (Å²) in [5.74, 6) is -1.94. The van der Waals surface area contributed by atoms with Gasteiger partial charge < -0.3 is 5.32 Å². The largest absolute Gasteiger partial charge is 0.334 e. The fourth-order valence-corrected chi connectivity index (χ4v) is 3.83. The van der Waals surface area contributed by atoms with Gasteiger partial charge >= 0.3 is 6.03 Å². The first-order chi connectivity index (χ1) is 13.9. The summed E-state index contributed by atoms with van der Waals surface area (Å²) < 4.78 is 30.5. The molecule has 0 bridgehead atoms. The van der Waals surface area contributed by atoms with Crippen molar-refractivity contribution < 1.29 is 18.4 Å². The van der Waals surface area contributed by atoms with E-state index >= 15 is 0 Å². The molecule has 0 saturated carbocycles. The zero-order valence-electron chi connectivity index (χ0n) is 15.1. The minimum Gasteiger partial charge on any atom is -0.334 e. The summed E-state index contributed by atoms with van der Waals surface area (Å²) >= 11 is 4.90. The van der Waals surface area contributed by atoms with E-state index in [4.69, 9.17) is 0 Å². The zero-order valence-corrected chi connectivity index (χ0v) is 16.8. The lowest BCUT2D eigenvalue weighted by Gasteiger charge is -2.08. The number of nitrogens with zero attached hydrogens (tertiary/aromatic N) is 1. The normalized spacial score (nSPS) is 10.6. The van der Waals surface area contributed by atoms with Gasteiger partial charge in [-0.15, -0.1) is 12.6 Å². The Hall–Kier alpha value is -2.78. The number of anilines is 1. The number of benzene rings is 2. The van der Waals surface area contributed by atoms with Crippen molar-refractivity contribution in [3.8, 4) is 0 Å². The van der Waals surface area contributed by atoms with E-state index in [1.165, 1.54) is 6.07 Å². The molecule has 0 radical (unpaired) electrons. The van der Waals surface area contributed by atoms with E-state index in [0.717, 1.165) is 29.2 Å². The average Bonchev–Trinajstić information content (AvgIpc) is 3.10. The number of halogens is 2. The van der Waals surface area contributed by atoms with Gasteiger partial charge in [-0.1, -0.05) is 36.4 Å². The summed E-state index contributed by atoms with van der Waals surface area (Å²) in [7, 11) is 0. The van der Waals surface area contributed by atoms with E-state index < -0.39 is 22.8 Å². The minimum atomic E-state index is -0.988. The lowest BCUT2D eigenvalue weighted by Crippen LogP contribution is -2.28. The second-order valence-electron chi connectivity index (χ2n) is 6.18. The van der Waals surface area contributed by atoms with Crippen molar-refractivity contribution >= 4 is 40.3 Å². The van der Waals surface area contributed by atoms with Crippen LogP contribution in [0.3, 0.4) is 0 Å². The molecule has 2 aromatic carbocycles. The SMILES string of the molecule is O=C(NCc1ccc(F)c(F)c1)Nc1snc(CCc2ccccc2)c1C(=O)S. The number of carbonyl (C=O) groups is 2. The second-order valence-corrected chi connectivity index (χ2v) is 7.36. The predicted molar refractivity (Wildman–Crippen MR) is 111 cm³/mol. The quantitative estimate of drug-likeness (QED) is 0.477. The maximum atomic E-state index is 13.2. The molecule has 9 heteroatoms. The highest BCUT2D eigenvalue weighted by atomic mass is 32.1. The molecular weight excluding hydrogens is 416 g/mol. The molecule has 29 heavy (non-hydrogen) atoms. The Morgan fingerprint density at radius 2 is 1.76 bits per heavy atom. The Balaban J connectivity index is 1.63. The highest BCUT2D eigenvalue weighted by Gasteiger charge is 2.20. The van der Waals surface area contributed by atoms with Crippen molar-refractivity contribution in [2.75, 3.05) is 5.32 Å². The number of aryl methyl sites for hydroxylation is 2. The number of hydrogen-bond donors (Lipinski definition) is 3. The number of thiol groups is 1. The molecule has 0 fully saturated rings. The highest BCUT2D eigenvalue weighted by Crippen LogP contribution is 2.27. The summed E-state index contributed by atoms with van der Waals surface area (Å²) in [6.45, 7) is -0.00709. The van der Waals surface area contributed by atoms with Crippen LogP contribution in [0.4, 0.5) is 18.6 Å².